The SMILES string of the molecule is CC(C)=CCN1CC(N)C1. The number of allylic oxidation sites excluding steroid dienone is 1. The van der Waals surface area contributed by atoms with Crippen molar-refractivity contribution in [2.45, 2.75) is 19.9 Å². The smallest absolute Gasteiger partial charge is 0.0297 e. The van der Waals surface area contributed by atoms with Gasteiger partial charge in [0.2, 0.25) is 0 Å². The van der Waals surface area contributed by atoms with E-state index in [4.69, 9.17) is 5.73 Å². The molecule has 2 N–H and O–H groups in total. The summed E-state index contributed by atoms with van der Waals surface area (Å²) in [4.78, 5) is 2.34. The lowest BCUT2D eigenvalue weighted by atomic mass is 10.1. The molecule has 0 amide bonds. The Morgan fingerprint density at radius 3 is 2.60 bits per heavy atom. The number of hydrogen-bond donors (Lipinski definition) is 1. The predicted molar refractivity (Wildman–Crippen MR) is 43.8 cm³/mol. The van der Waals surface area contributed by atoms with Crippen molar-refractivity contribution in [3.05, 3.63) is 11.6 Å². The minimum absolute atomic E-state index is 0.436. The Morgan fingerprint density at radius 1 is 1.60 bits per heavy atom. The van der Waals surface area contributed by atoms with Crippen LogP contribution in [0, 0.1) is 0 Å². The van der Waals surface area contributed by atoms with Crippen LogP contribution in [0.25, 0.3) is 0 Å². The Balaban J connectivity index is 2.11. The molecule has 0 aromatic rings. The first-order valence-electron chi connectivity index (χ1n) is 3.80. The lowest BCUT2D eigenvalue weighted by Crippen LogP contribution is -2.55. The number of likely N-dealkylation sites (tertiary alicyclic amines) is 1. The van der Waals surface area contributed by atoms with E-state index in [1.807, 2.05) is 0 Å². The highest BCUT2D eigenvalue weighted by atomic mass is 15.2. The summed E-state index contributed by atoms with van der Waals surface area (Å²) >= 11 is 0. The number of hydrogen-bond acceptors (Lipinski definition) is 2. The minimum Gasteiger partial charge on any atom is -0.325 e. The van der Waals surface area contributed by atoms with E-state index in [9.17, 15) is 0 Å². The quantitative estimate of drug-likeness (QED) is 0.569. The predicted octanol–water partition coefficient (Wildman–Crippen LogP) is 0.596. The highest BCUT2D eigenvalue weighted by Gasteiger charge is 2.20. The van der Waals surface area contributed by atoms with Gasteiger partial charge in [-0.25, -0.2) is 0 Å². The highest BCUT2D eigenvalue weighted by Crippen LogP contribution is 2.04. The van der Waals surface area contributed by atoms with Crippen LogP contribution in [0.15, 0.2) is 11.6 Å². The fourth-order valence-corrected chi connectivity index (χ4v) is 1.07. The Kier molecular flexibility index (Phi) is 2.46. The Morgan fingerprint density at radius 2 is 2.20 bits per heavy atom. The molecule has 1 heterocycles. The fraction of sp³-hybridized carbons (Fsp3) is 0.750. The highest BCUT2D eigenvalue weighted by molar-refractivity contribution is 4.97. The second-order valence-corrected chi connectivity index (χ2v) is 3.26. The molecule has 0 unspecified atom stereocenters. The van der Waals surface area contributed by atoms with E-state index in [2.05, 4.69) is 24.8 Å². The van der Waals surface area contributed by atoms with Crippen LogP contribution in [0.1, 0.15) is 13.8 Å². The standard InChI is InChI=1S/C8H16N2/c1-7(2)3-4-10-5-8(9)6-10/h3,8H,4-6,9H2,1-2H3. The summed E-state index contributed by atoms with van der Waals surface area (Å²) in [5, 5.41) is 0. The molecule has 2 nitrogen and oxygen atoms in total. The maximum Gasteiger partial charge on any atom is 0.0297 e. The van der Waals surface area contributed by atoms with Crippen molar-refractivity contribution in [1.29, 1.82) is 0 Å². The van der Waals surface area contributed by atoms with Crippen molar-refractivity contribution in [3.8, 4) is 0 Å². The van der Waals surface area contributed by atoms with E-state index in [-0.39, 0.29) is 0 Å². The number of nitrogens with zero attached hydrogens (tertiary/aromatic N) is 1. The molecule has 0 atom stereocenters. The fourth-order valence-electron chi connectivity index (χ4n) is 1.07. The third-order valence-corrected chi connectivity index (χ3v) is 1.74. The lowest BCUT2D eigenvalue weighted by Gasteiger charge is -2.36. The molecule has 2 heteroatoms. The van der Waals surface area contributed by atoms with Gasteiger partial charge in [0.1, 0.15) is 0 Å². The average molecular weight is 140 g/mol. The zero-order chi connectivity index (χ0) is 7.56. The first kappa shape index (κ1) is 7.76. The van der Waals surface area contributed by atoms with Crippen LogP contribution in [-0.4, -0.2) is 30.6 Å². The van der Waals surface area contributed by atoms with Gasteiger partial charge in [0.15, 0.2) is 0 Å². The second kappa shape index (κ2) is 3.17. The first-order valence-corrected chi connectivity index (χ1v) is 3.80. The molecule has 1 saturated heterocycles. The van der Waals surface area contributed by atoms with Crippen LogP contribution >= 0.6 is 0 Å². The van der Waals surface area contributed by atoms with Gasteiger partial charge in [-0.3, -0.25) is 4.90 Å². The molecular formula is C8H16N2. The van der Waals surface area contributed by atoms with Crippen LogP contribution in [0.5, 0.6) is 0 Å². The molecule has 58 valence electrons. The maximum absolute atomic E-state index is 5.61. The normalized spacial score (nSPS) is 20.3. The Hall–Kier alpha value is -0.340. The molecule has 0 bridgehead atoms. The Labute approximate surface area is 62.7 Å². The van der Waals surface area contributed by atoms with Crippen molar-refractivity contribution in [2.75, 3.05) is 19.6 Å². The van der Waals surface area contributed by atoms with Gasteiger partial charge in [-0.2, -0.15) is 0 Å². The van der Waals surface area contributed by atoms with Crippen LogP contribution in [0.3, 0.4) is 0 Å². The number of rotatable bonds is 2. The lowest BCUT2D eigenvalue weighted by molar-refractivity contribution is 0.169. The topological polar surface area (TPSA) is 29.3 Å². The molecule has 0 radical (unpaired) electrons. The molecule has 1 aliphatic rings. The van der Waals surface area contributed by atoms with E-state index in [0.29, 0.717) is 6.04 Å². The van der Waals surface area contributed by atoms with Crippen LogP contribution < -0.4 is 5.73 Å². The molecule has 1 aliphatic heterocycles. The summed E-state index contributed by atoms with van der Waals surface area (Å²) in [5.74, 6) is 0. The van der Waals surface area contributed by atoms with Crippen molar-refractivity contribution in [3.63, 3.8) is 0 Å². The summed E-state index contributed by atoms with van der Waals surface area (Å²) in [5.41, 5.74) is 7.00. The summed E-state index contributed by atoms with van der Waals surface area (Å²) in [6.45, 7) is 7.48. The maximum atomic E-state index is 5.61. The van der Waals surface area contributed by atoms with E-state index >= 15 is 0 Å². The first-order chi connectivity index (χ1) is 4.68. The van der Waals surface area contributed by atoms with Crippen LogP contribution in [0.4, 0.5) is 0 Å². The molecule has 10 heavy (non-hydrogen) atoms. The monoisotopic (exact) mass is 140 g/mol. The Bertz CT molecular complexity index is 130. The largest absolute Gasteiger partial charge is 0.325 e. The zero-order valence-electron chi connectivity index (χ0n) is 6.80. The van der Waals surface area contributed by atoms with Gasteiger partial charge in [-0.15, -0.1) is 0 Å². The molecular weight excluding hydrogens is 124 g/mol. The summed E-state index contributed by atoms with van der Waals surface area (Å²) in [6, 6.07) is 0.436. The van der Waals surface area contributed by atoms with Gasteiger partial charge in [-0.1, -0.05) is 11.6 Å². The van der Waals surface area contributed by atoms with Crippen molar-refractivity contribution in [2.24, 2.45) is 5.73 Å². The summed E-state index contributed by atoms with van der Waals surface area (Å²) in [7, 11) is 0. The molecule has 1 rings (SSSR count). The van der Waals surface area contributed by atoms with Gasteiger partial charge in [0.25, 0.3) is 0 Å². The van der Waals surface area contributed by atoms with Gasteiger partial charge in [0, 0.05) is 25.7 Å². The van der Waals surface area contributed by atoms with E-state index < -0.39 is 0 Å². The van der Waals surface area contributed by atoms with Crippen LogP contribution in [-0.2, 0) is 0 Å². The van der Waals surface area contributed by atoms with Crippen molar-refractivity contribution < 1.29 is 0 Å². The third kappa shape index (κ3) is 2.12. The minimum atomic E-state index is 0.436. The molecule has 1 fully saturated rings. The van der Waals surface area contributed by atoms with E-state index in [0.717, 1.165) is 19.6 Å². The van der Waals surface area contributed by atoms with Gasteiger partial charge in [-0.05, 0) is 13.8 Å². The van der Waals surface area contributed by atoms with Gasteiger partial charge >= 0.3 is 0 Å². The second-order valence-electron chi connectivity index (χ2n) is 3.26. The molecule has 0 saturated carbocycles. The molecule has 0 aliphatic carbocycles. The average Bonchev–Trinajstić information content (AvgIpc) is 1.77. The van der Waals surface area contributed by atoms with Crippen molar-refractivity contribution >= 4 is 0 Å². The van der Waals surface area contributed by atoms with Gasteiger partial charge < -0.3 is 5.73 Å². The van der Waals surface area contributed by atoms with E-state index in [1.165, 1.54) is 5.57 Å². The summed E-state index contributed by atoms with van der Waals surface area (Å²) in [6.07, 6.45) is 2.24. The molecule has 0 spiro atoms. The number of nitrogens with two attached hydrogens (primary N) is 1. The van der Waals surface area contributed by atoms with E-state index in [1.54, 1.807) is 0 Å². The molecule has 0 aromatic heterocycles. The van der Waals surface area contributed by atoms with Crippen LogP contribution in [0.2, 0.25) is 0 Å². The molecule has 0 aromatic carbocycles. The third-order valence-electron chi connectivity index (χ3n) is 1.74. The van der Waals surface area contributed by atoms with Gasteiger partial charge in [0.05, 0.1) is 0 Å². The van der Waals surface area contributed by atoms with Crippen molar-refractivity contribution in [1.82, 2.24) is 4.90 Å². The summed E-state index contributed by atoms with van der Waals surface area (Å²) < 4.78 is 0. The zero-order valence-corrected chi connectivity index (χ0v) is 6.80.